The van der Waals surface area contributed by atoms with Crippen LogP contribution in [0.4, 0.5) is 0 Å². The number of fused-ring (bicyclic) bond motifs is 1. The highest BCUT2D eigenvalue weighted by Crippen LogP contribution is 2.35. The standard InChI is InChI=1S/C17H15IO4/c1-3-4-5-8-11(19)14-15(18)16(20)10-7-6-9-12(22-2)13(10)17(14)21/h3,6-7,9H,1,4-5,8H2,2H3. The average Bonchev–Trinajstić information content (AvgIpc) is 2.52. The first-order chi connectivity index (χ1) is 10.5. The smallest absolute Gasteiger partial charge is 0.202 e. The number of halogens is 1. The lowest BCUT2D eigenvalue weighted by Gasteiger charge is -2.19. The first-order valence-electron chi connectivity index (χ1n) is 6.83. The van der Waals surface area contributed by atoms with Crippen LogP contribution in [0.2, 0.25) is 0 Å². The van der Waals surface area contributed by atoms with E-state index >= 15 is 0 Å². The van der Waals surface area contributed by atoms with E-state index in [0.717, 1.165) is 0 Å². The summed E-state index contributed by atoms with van der Waals surface area (Å²) in [7, 11) is 1.43. The first-order valence-corrected chi connectivity index (χ1v) is 7.91. The van der Waals surface area contributed by atoms with Crippen LogP contribution in [0.1, 0.15) is 40.0 Å². The summed E-state index contributed by atoms with van der Waals surface area (Å²) in [6.07, 6.45) is 3.24. The van der Waals surface area contributed by atoms with Gasteiger partial charge in [-0.05, 0) is 47.6 Å². The number of hydrogen-bond donors (Lipinski definition) is 0. The second-order valence-electron chi connectivity index (χ2n) is 4.83. The topological polar surface area (TPSA) is 60.4 Å². The zero-order valence-corrected chi connectivity index (χ0v) is 14.3. The quantitative estimate of drug-likeness (QED) is 0.311. The van der Waals surface area contributed by atoms with Gasteiger partial charge in [0.2, 0.25) is 11.6 Å². The van der Waals surface area contributed by atoms with Crippen molar-refractivity contribution in [3.8, 4) is 5.75 Å². The van der Waals surface area contributed by atoms with Crippen LogP contribution >= 0.6 is 22.6 Å². The molecule has 0 heterocycles. The summed E-state index contributed by atoms with van der Waals surface area (Å²) in [4.78, 5) is 37.5. The highest BCUT2D eigenvalue weighted by Gasteiger charge is 2.36. The predicted octanol–water partition coefficient (Wildman–Crippen LogP) is 3.69. The minimum Gasteiger partial charge on any atom is -0.496 e. The Bertz CT molecular complexity index is 701. The lowest BCUT2D eigenvalue weighted by molar-refractivity contribution is -0.115. The molecule has 4 nitrogen and oxygen atoms in total. The number of carbonyl (C=O) groups is 3. The molecule has 5 heteroatoms. The van der Waals surface area contributed by atoms with E-state index in [1.807, 2.05) is 0 Å². The van der Waals surface area contributed by atoms with Crippen molar-refractivity contribution in [2.24, 2.45) is 0 Å². The Balaban J connectivity index is 2.46. The van der Waals surface area contributed by atoms with Crippen molar-refractivity contribution in [1.82, 2.24) is 0 Å². The summed E-state index contributed by atoms with van der Waals surface area (Å²) < 4.78 is 5.36. The van der Waals surface area contributed by atoms with Crippen molar-refractivity contribution in [3.63, 3.8) is 0 Å². The van der Waals surface area contributed by atoms with Crippen molar-refractivity contribution >= 4 is 39.9 Å². The summed E-state index contributed by atoms with van der Waals surface area (Å²) in [5, 5.41) is 0. The Labute approximate surface area is 142 Å². The van der Waals surface area contributed by atoms with Gasteiger partial charge in [0.1, 0.15) is 5.75 Å². The summed E-state index contributed by atoms with van der Waals surface area (Å²) in [6.45, 7) is 3.60. The number of rotatable bonds is 6. The summed E-state index contributed by atoms with van der Waals surface area (Å²) in [6, 6.07) is 4.85. The predicted molar refractivity (Wildman–Crippen MR) is 91.8 cm³/mol. The van der Waals surface area contributed by atoms with E-state index in [2.05, 4.69) is 6.58 Å². The lowest BCUT2D eigenvalue weighted by atomic mass is 9.86. The molecule has 0 saturated carbocycles. The van der Waals surface area contributed by atoms with Gasteiger partial charge in [-0.1, -0.05) is 12.1 Å². The maximum atomic E-state index is 12.7. The molecule has 1 aromatic carbocycles. The van der Waals surface area contributed by atoms with E-state index in [0.29, 0.717) is 18.6 Å². The molecule has 0 atom stereocenters. The number of carbonyl (C=O) groups excluding carboxylic acids is 3. The monoisotopic (exact) mass is 410 g/mol. The minimum atomic E-state index is -0.431. The van der Waals surface area contributed by atoms with E-state index in [-0.39, 0.29) is 38.3 Å². The number of methoxy groups -OCH3 is 1. The molecule has 0 N–H and O–H groups in total. The van der Waals surface area contributed by atoms with Crippen molar-refractivity contribution in [3.05, 3.63) is 51.1 Å². The van der Waals surface area contributed by atoms with Crippen LogP contribution in [0.5, 0.6) is 5.75 Å². The number of Topliss-reactive ketones (excluding diaryl/α,β-unsaturated/α-hetero) is 3. The molecule has 0 aromatic heterocycles. The Kier molecular flexibility index (Phi) is 5.28. The van der Waals surface area contributed by atoms with Crippen LogP contribution < -0.4 is 4.74 Å². The SMILES string of the molecule is C=CCCCC(=O)C1=C(I)C(=O)c2cccc(OC)c2C1=O. The van der Waals surface area contributed by atoms with Gasteiger partial charge in [-0.25, -0.2) is 0 Å². The number of ether oxygens (including phenoxy) is 1. The van der Waals surface area contributed by atoms with Crippen molar-refractivity contribution in [2.75, 3.05) is 7.11 Å². The van der Waals surface area contributed by atoms with Crippen LogP contribution in [0.3, 0.4) is 0 Å². The molecule has 1 aliphatic carbocycles. The maximum Gasteiger partial charge on any atom is 0.202 e. The molecule has 0 bridgehead atoms. The Hall–Kier alpha value is -1.76. The second-order valence-corrected chi connectivity index (χ2v) is 5.91. The third-order valence-electron chi connectivity index (χ3n) is 3.45. The molecule has 0 radical (unpaired) electrons. The van der Waals surface area contributed by atoms with E-state index in [4.69, 9.17) is 4.74 Å². The second kappa shape index (κ2) is 7.00. The number of benzene rings is 1. The number of ketones is 3. The Morgan fingerprint density at radius 2 is 2.05 bits per heavy atom. The molecule has 22 heavy (non-hydrogen) atoms. The van der Waals surface area contributed by atoms with Gasteiger partial charge in [0, 0.05) is 12.0 Å². The van der Waals surface area contributed by atoms with Gasteiger partial charge in [0.25, 0.3) is 0 Å². The number of unbranched alkanes of at least 4 members (excludes halogenated alkanes) is 1. The highest BCUT2D eigenvalue weighted by molar-refractivity contribution is 14.1. The molecule has 1 aliphatic rings. The van der Waals surface area contributed by atoms with Gasteiger partial charge in [-0.2, -0.15) is 0 Å². The van der Waals surface area contributed by atoms with Gasteiger partial charge >= 0.3 is 0 Å². The minimum absolute atomic E-state index is 0.0216. The van der Waals surface area contributed by atoms with Crippen LogP contribution in [-0.2, 0) is 4.79 Å². The van der Waals surface area contributed by atoms with Gasteiger partial charge in [-0.15, -0.1) is 6.58 Å². The summed E-state index contributed by atoms with van der Waals surface area (Å²) in [5.41, 5.74) is 0.450. The molecule has 0 saturated heterocycles. The van der Waals surface area contributed by atoms with Gasteiger partial charge in [0.05, 0.1) is 21.8 Å². The summed E-state index contributed by atoms with van der Waals surface area (Å²) in [5.74, 6) is -0.724. The molecule has 2 rings (SSSR count). The lowest BCUT2D eigenvalue weighted by Crippen LogP contribution is -2.25. The van der Waals surface area contributed by atoms with Crippen LogP contribution in [0.15, 0.2) is 40.0 Å². The molecule has 0 unspecified atom stereocenters. The van der Waals surface area contributed by atoms with E-state index < -0.39 is 5.78 Å². The molecular formula is C17H15IO4. The third-order valence-corrected chi connectivity index (χ3v) is 4.48. The van der Waals surface area contributed by atoms with Crippen LogP contribution in [0.25, 0.3) is 0 Å². The fourth-order valence-electron chi connectivity index (χ4n) is 2.36. The fraction of sp³-hybridized carbons (Fsp3) is 0.235. The van der Waals surface area contributed by atoms with Crippen LogP contribution in [0, 0.1) is 0 Å². The van der Waals surface area contributed by atoms with Crippen molar-refractivity contribution < 1.29 is 19.1 Å². The molecular weight excluding hydrogens is 395 g/mol. The zero-order valence-electron chi connectivity index (χ0n) is 12.1. The van der Waals surface area contributed by atoms with E-state index in [9.17, 15) is 14.4 Å². The van der Waals surface area contributed by atoms with Gasteiger partial charge in [0.15, 0.2) is 5.78 Å². The molecule has 0 aliphatic heterocycles. The molecule has 0 amide bonds. The first kappa shape index (κ1) is 16.6. The van der Waals surface area contributed by atoms with E-state index in [1.54, 1.807) is 46.9 Å². The molecule has 0 fully saturated rings. The fourth-order valence-corrected chi connectivity index (χ4v) is 3.20. The molecule has 1 aromatic rings. The number of allylic oxidation sites excluding steroid dienone is 3. The normalized spacial score (nSPS) is 13.9. The molecule has 0 spiro atoms. The number of hydrogen-bond acceptors (Lipinski definition) is 4. The van der Waals surface area contributed by atoms with Crippen LogP contribution in [-0.4, -0.2) is 24.5 Å². The van der Waals surface area contributed by atoms with Gasteiger partial charge in [-0.3, -0.25) is 14.4 Å². The molecule has 114 valence electrons. The van der Waals surface area contributed by atoms with E-state index in [1.165, 1.54) is 7.11 Å². The Morgan fingerprint density at radius 1 is 1.32 bits per heavy atom. The summed E-state index contributed by atoms with van der Waals surface area (Å²) >= 11 is 1.78. The highest BCUT2D eigenvalue weighted by atomic mass is 127. The zero-order chi connectivity index (χ0) is 16.3. The Morgan fingerprint density at radius 3 is 2.68 bits per heavy atom. The van der Waals surface area contributed by atoms with Crippen molar-refractivity contribution in [1.29, 1.82) is 0 Å². The average molecular weight is 410 g/mol. The largest absolute Gasteiger partial charge is 0.496 e. The van der Waals surface area contributed by atoms with Gasteiger partial charge < -0.3 is 4.74 Å². The maximum absolute atomic E-state index is 12.7. The third kappa shape index (κ3) is 2.90. The van der Waals surface area contributed by atoms with Crippen molar-refractivity contribution in [2.45, 2.75) is 19.3 Å².